The van der Waals surface area contributed by atoms with Crippen LogP contribution in [0.5, 0.6) is 0 Å². The Morgan fingerprint density at radius 3 is 2.93 bits per heavy atom. The van der Waals surface area contributed by atoms with Crippen molar-refractivity contribution in [2.75, 3.05) is 11.1 Å². The van der Waals surface area contributed by atoms with E-state index in [0.29, 0.717) is 23.6 Å². The van der Waals surface area contributed by atoms with Gasteiger partial charge < -0.3 is 15.6 Å². The Morgan fingerprint density at radius 1 is 1.40 bits per heavy atom. The highest BCUT2D eigenvalue weighted by Crippen LogP contribution is 2.17. The van der Waals surface area contributed by atoms with Gasteiger partial charge in [0.2, 0.25) is 0 Å². The van der Waals surface area contributed by atoms with E-state index in [9.17, 15) is 4.39 Å². The Kier molecular flexibility index (Phi) is 2.53. The first kappa shape index (κ1) is 9.51. The fourth-order valence-corrected chi connectivity index (χ4v) is 1.19. The zero-order chi connectivity index (χ0) is 10.7. The molecule has 0 saturated heterocycles. The predicted octanol–water partition coefficient (Wildman–Crippen LogP) is 2.01. The van der Waals surface area contributed by atoms with E-state index in [-0.39, 0.29) is 5.82 Å². The van der Waals surface area contributed by atoms with Gasteiger partial charge in [-0.05, 0) is 18.2 Å². The van der Waals surface area contributed by atoms with E-state index in [1.807, 2.05) is 0 Å². The summed E-state index contributed by atoms with van der Waals surface area (Å²) in [5.74, 6) is -0.376. The van der Waals surface area contributed by atoms with Crippen molar-refractivity contribution in [3.8, 4) is 0 Å². The topological polar surface area (TPSA) is 64.1 Å². The van der Waals surface area contributed by atoms with Gasteiger partial charge in [-0.25, -0.2) is 4.39 Å². The maximum atomic E-state index is 13.3. The SMILES string of the molecule is Nc1ccc(NCc2ccon2)c(F)c1. The summed E-state index contributed by atoms with van der Waals surface area (Å²) in [5.41, 5.74) is 6.94. The quantitative estimate of drug-likeness (QED) is 0.755. The number of anilines is 2. The number of hydrogen-bond donors (Lipinski definition) is 2. The van der Waals surface area contributed by atoms with Crippen molar-refractivity contribution in [2.45, 2.75) is 6.54 Å². The molecule has 78 valence electrons. The minimum Gasteiger partial charge on any atom is -0.399 e. The van der Waals surface area contributed by atoms with Crippen LogP contribution in [0, 0.1) is 5.82 Å². The summed E-state index contributed by atoms with van der Waals surface area (Å²) in [6, 6.07) is 6.20. The van der Waals surface area contributed by atoms with Crippen LogP contribution in [0.4, 0.5) is 15.8 Å². The first-order valence-corrected chi connectivity index (χ1v) is 4.44. The lowest BCUT2D eigenvalue weighted by atomic mass is 10.2. The zero-order valence-electron chi connectivity index (χ0n) is 7.90. The number of halogens is 1. The molecule has 3 N–H and O–H groups in total. The van der Waals surface area contributed by atoms with E-state index in [1.165, 1.54) is 12.3 Å². The summed E-state index contributed by atoms with van der Waals surface area (Å²) in [6.45, 7) is 0.414. The second-order valence-corrected chi connectivity index (χ2v) is 3.08. The smallest absolute Gasteiger partial charge is 0.148 e. The second kappa shape index (κ2) is 4.00. The van der Waals surface area contributed by atoms with Crippen LogP contribution in [-0.4, -0.2) is 5.16 Å². The van der Waals surface area contributed by atoms with Crippen LogP contribution in [0.1, 0.15) is 5.69 Å². The van der Waals surface area contributed by atoms with Crippen molar-refractivity contribution in [3.05, 3.63) is 42.0 Å². The number of nitrogen functional groups attached to an aromatic ring is 1. The number of nitrogens with two attached hydrogens (primary N) is 1. The predicted molar refractivity (Wildman–Crippen MR) is 54.6 cm³/mol. The first-order chi connectivity index (χ1) is 7.25. The minimum absolute atomic E-state index is 0.376. The molecular formula is C10H10FN3O. The molecule has 2 rings (SSSR count). The van der Waals surface area contributed by atoms with Crippen molar-refractivity contribution in [3.63, 3.8) is 0 Å². The van der Waals surface area contributed by atoms with Crippen LogP contribution in [0.3, 0.4) is 0 Å². The number of benzene rings is 1. The highest BCUT2D eigenvalue weighted by molar-refractivity contribution is 5.52. The number of rotatable bonds is 3. The minimum atomic E-state index is -0.376. The van der Waals surface area contributed by atoms with E-state index in [0.717, 1.165) is 0 Å². The third-order valence-corrected chi connectivity index (χ3v) is 1.94. The molecule has 0 aliphatic rings. The lowest BCUT2D eigenvalue weighted by molar-refractivity contribution is 0.412. The third kappa shape index (κ3) is 2.25. The third-order valence-electron chi connectivity index (χ3n) is 1.94. The van der Waals surface area contributed by atoms with Gasteiger partial charge in [0, 0.05) is 11.8 Å². The Balaban J connectivity index is 2.05. The Morgan fingerprint density at radius 2 is 2.27 bits per heavy atom. The lowest BCUT2D eigenvalue weighted by Gasteiger charge is -2.05. The lowest BCUT2D eigenvalue weighted by Crippen LogP contribution is -2.02. The molecule has 1 heterocycles. The molecule has 0 bridgehead atoms. The molecule has 5 heteroatoms. The van der Waals surface area contributed by atoms with Crippen LogP contribution in [-0.2, 0) is 6.54 Å². The summed E-state index contributed by atoms with van der Waals surface area (Å²) in [5, 5.41) is 6.58. The molecule has 0 aliphatic heterocycles. The summed E-state index contributed by atoms with van der Waals surface area (Å²) in [4.78, 5) is 0. The fraction of sp³-hybridized carbons (Fsp3) is 0.100. The van der Waals surface area contributed by atoms with E-state index >= 15 is 0 Å². The monoisotopic (exact) mass is 207 g/mol. The molecule has 0 amide bonds. The van der Waals surface area contributed by atoms with E-state index in [1.54, 1.807) is 18.2 Å². The van der Waals surface area contributed by atoms with E-state index in [2.05, 4.69) is 15.0 Å². The van der Waals surface area contributed by atoms with Gasteiger partial charge in [-0.1, -0.05) is 5.16 Å². The van der Waals surface area contributed by atoms with Gasteiger partial charge in [0.15, 0.2) is 0 Å². The summed E-state index contributed by atoms with van der Waals surface area (Å²) in [7, 11) is 0. The molecule has 0 fully saturated rings. The standard InChI is InChI=1S/C10H10FN3O/c11-9-5-7(12)1-2-10(9)13-6-8-3-4-15-14-8/h1-5,13H,6,12H2. The number of nitrogens with zero attached hydrogens (tertiary/aromatic N) is 1. The number of aromatic nitrogens is 1. The van der Waals surface area contributed by atoms with Gasteiger partial charge in [-0.3, -0.25) is 0 Å². The van der Waals surface area contributed by atoms with E-state index in [4.69, 9.17) is 5.73 Å². The molecule has 0 radical (unpaired) electrons. The summed E-state index contributed by atoms with van der Waals surface area (Å²) in [6.07, 6.45) is 1.47. The number of nitrogens with one attached hydrogen (secondary N) is 1. The maximum Gasteiger partial charge on any atom is 0.148 e. The van der Waals surface area contributed by atoms with Crippen molar-refractivity contribution in [2.24, 2.45) is 0 Å². The molecule has 0 saturated carbocycles. The van der Waals surface area contributed by atoms with Gasteiger partial charge in [-0.2, -0.15) is 0 Å². The molecule has 0 spiro atoms. The van der Waals surface area contributed by atoms with Crippen molar-refractivity contribution >= 4 is 11.4 Å². The molecule has 0 aliphatic carbocycles. The van der Waals surface area contributed by atoms with Crippen LogP contribution >= 0.6 is 0 Å². The highest BCUT2D eigenvalue weighted by atomic mass is 19.1. The molecule has 0 unspecified atom stereocenters. The highest BCUT2D eigenvalue weighted by Gasteiger charge is 2.02. The van der Waals surface area contributed by atoms with Crippen molar-refractivity contribution in [1.29, 1.82) is 0 Å². The maximum absolute atomic E-state index is 13.3. The van der Waals surface area contributed by atoms with Gasteiger partial charge in [0.1, 0.15) is 17.8 Å². The molecule has 2 aromatic rings. The molecule has 4 nitrogen and oxygen atoms in total. The van der Waals surface area contributed by atoms with Crippen molar-refractivity contribution < 1.29 is 8.91 Å². The molecular weight excluding hydrogens is 197 g/mol. The average molecular weight is 207 g/mol. The van der Waals surface area contributed by atoms with Crippen LogP contribution in [0.2, 0.25) is 0 Å². The fourth-order valence-electron chi connectivity index (χ4n) is 1.19. The van der Waals surface area contributed by atoms with Gasteiger partial charge in [-0.15, -0.1) is 0 Å². The largest absolute Gasteiger partial charge is 0.399 e. The first-order valence-electron chi connectivity index (χ1n) is 4.44. The normalized spacial score (nSPS) is 10.2. The summed E-state index contributed by atoms with van der Waals surface area (Å²) >= 11 is 0. The van der Waals surface area contributed by atoms with E-state index < -0.39 is 0 Å². The Bertz CT molecular complexity index is 442. The number of hydrogen-bond acceptors (Lipinski definition) is 4. The average Bonchev–Trinajstić information content (AvgIpc) is 2.69. The van der Waals surface area contributed by atoms with Gasteiger partial charge >= 0.3 is 0 Å². The van der Waals surface area contributed by atoms with Crippen LogP contribution in [0.15, 0.2) is 35.1 Å². The molecule has 1 aromatic heterocycles. The van der Waals surface area contributed by atoms with Crippen LogP contribution < -0.4 is 11.1 Å². The Hall–Kier alpha value is -2.04. The zero-order valence-corrected chi connectivity index (χ0v) is 7.90. The van der Waals surface area contributed by atoms with Crippen molar-refractivity contribution in [1.82, 2.24) is 5.16 Å². The molecule has 0 atom stereocenters. The van der Waals surface area contributed by atoms with Crippen LogP contribution in [0.25, 0.3) is 0 Å². The summed E-state index contributed by atoms with van der Waals surface area (Å²) < 4.78 is 17.9. The Labute approximate surface area is 85.9 Å². The molecule has 1 aromatic carbocycles. The molecule has 15 heavy (non-hydrogen) atoms. The van der Waals surface area contributed by atoms with Gasteiger partial charge in [0.05, 0.1) is 12.2 Å². The van der Waals surface area contributed by atoms with Gasteiger partial charge in [0.25, 0.3) is 0 Å². The second-order valence-electron chi connectivity index (χ2n) is 3.08.